The molecule has 0 bridgehead atoms. The second-order valence-corrected chi connectivity index (χ2v) is 5.92. The second-order valence-electron chi connectivity index (χ2n) is 5.92. The van der Waals surface area contributed by atoms with Crippen LogP contribution in [-0.4, -0.2) is 53.2 Å². The van der Waals surface area contributed by atoms with Crippen molar-refractivity contribution >= 4 is 5.91 Å². The van der Waals surface area contributed by atoms with Crippen LogP contribution in [0.15, 0.2) is 12.5 Å². The molecule has 1 amide bonds. The van der Waals surface area contributed by atoms with Crippen molar-refractivity contribution in [2.75, 3.05) is 26.8 Å². The minimum absolute atomic E-state index is 0.0616. The largest absolute Gasteiger partial charge is 0.383 e. The third-order valence-electron chi connectivity index (χ3n) is 4.35. The highest BCUT2D eigenvalue weighted by Crippen LogP contribution is 2.12. The monoisotopic (exact) mass is 308 g/mol. The van der Waals surface area contributed by atoms with Gasteiger partial charge in [0.2, 0.25) is 5.91 Å². The Morgan fingerprint density at radius 1 is 1.36 bits per heavy atom. The van der Waals surface area contributed by atoms with Gasteiger partial charge in [-0.2, -0.15) is 0 Å². The molecule has 1 aromatic heterocycles. The molecule has 1 atom stereocenters. The van der Waals surface area contributed by atoms with E-state index in [9.17, 15) is 4.79 Å². The molecule has 1 aliphatic rings. The van der Waals surface area contributed by atoms with E-state index >= 15 is 0 Å². The summed E-state index contributed by atoms with van der Waals surface area (Å²) in [5, 5.41) is 3.04. The molecular formula is C16H28N4O2. The number of imidazole rings is 1. The molecule has 124 valence electrons. The molecule has 0 aliphatic carbocycles. The van der Waals surface area contributed by atoms with Crippen molar-refractivity contribution in [1.29, 1.82) is 0 Å². The summed E-state index contributed by atoms with van der Waals surface area (Å²) in [6, 6.07) is -0.0616. The highest BCUT2D eigenvalue weighted by Gasteiger charge is 2.21. The van der Waals surface area contributed by atoms with Gasteiger partial charge in [-0.15, -0.1) is 0 Å². The molecule has 6 nitrogen and oxygen atoms in total. The van der Waals surface area contributed by atoms with Gasteiger partial charge in [0.1, 0.15) is 0 Å². The zero-order valence-corrected chi connectivity index (χ0v) is 13.8. The first-order chi connectivity index (χ1) is 10.7. The van der Waals surface area contributed by atoms with Crippen LogP contribution in [0, 0.1) is 0 Å². The van der Waals surface area contributed by atoms with Gasteiger partial charge in [-0.1, -0.05) is 12.8 Å². The maximum Gasteiger partial charge on any atom is 0.237 e. The molecule has 6 heteroatoms. The number of nitrogens with zero attached hydrogens (tertiary/aromatic N) is 3. The summed E-state index contributed by atoms with van der Waals surface area (Å²) in [5.74, 6) is 0.0985. The number of amides is 1. The summed E-state index contributed by atoms with van der Waals surface area (Å²) in [6.45, 7) is 5.97. The Morgan fingerprint density at radius 3 is 2.77 bits per heavy atom. The summed E-state index contributed by atoms with van der Waals surface area (Å²) in [7, 11) is 1.68. The van der Waals surface area contributed by atoms with E-state index in [-0.39, 0.29) is 11.9 Å². The van der Waals surface area contributed by atoms with Gasteiger partial charge >= 0.3 is 0 Å². The van der Waals surface area contributed by atoms with Gasteiger partial charge in [-0.3, -0.25) is 9.69 Å². The number of ether oxygens (including phenoxy) is 1. The predicted octanol–water partition coefficient (Wildman–Crippen LogP) is 1.41. The number of carbonyl (C=O) groups is 1. The van der Waals surface area contributed by atoms with Crippen LogP contribution in [0.25, 0.3) is 0 Å². The Morgan fingerprint density at radius 2 is 2.09 bits per heavy atom. The van der Waals surface area contributed by atoms with Crippen LogP contribution in [0.3, 0.4) is 0 Å². The highest BCUT2D eigenvalue weighted by atomic mass is 16.5. The van der Waals surface area contributed by atoms with Crippen molar-refractivity contribution < 1.29 is 9.53 Å². The van der Waals surface area contributed by atoms with Gasteiger partial charge in [0.05, 0.1) is 31.2 Å². The van der Waals surface area contributed by atoms with E-state index in [1.807, 2.05) is 11.5 Å². The summed E-state index contributed by atoms with van der Waals surface area (Å²) >= 11 is 0. The molecule has 0 radical (unpaired) electrons. The number of nitrogens with one attached hydrogen (secondary N) is 1. The highest BCUT2D eigenvalue weighted by molar-refractivity contribution is 5.81. The molecule has 1 aliphatic heterocycles. The lowest BCUT2D eigenvalue weighted by atomic mass is 10.2. The fourth-order valence-corrected chi connectivity index (χ4v) is 2.86. The number of hydrogen-bond acceptors (Lipinski definition) is 4. The van der Waals surface area contributed by atoms with Crippen LogP contribution in [0.1, 0.15) is 38.3 Å². The van der Waals surface area contributed by atoms with E-state index in [0.29, 0.717) is 13.2 Å². The average Bonchev–Trinajstić information content (AvgIpc) is 2.80. The lowest BCUT2D eigenvalue weighted by Crippen LogP contribution is -2.45. The van der Waals surface area contributed by atoms with Crippen molar-refractivity contribution in [2.24, 2.45) is 0 Å². The molecule has 2 heterocycles. The second kappa shape index (κ2) is 8.90. The quantitative estimate of drug-likeness (QED) is 0.827. The molecule has 0 unspecified atom stereocenters. The van der Waals surface area contributed by atoms with E-state index < -0.39 is 0 Å². The molecular weight excluding hydrogens is 280 g/mol. The molecule has 2 rings (SSSR count). The predicted molar refractivity (Wildman–Crippen MR) is 85.5 cm³/mol. The van der Waals surface area contributed by atoms with Gasteiger partial charge < -0.3 is 14.6 Å². The summed E-state index contributed by atoms with van der Waals surface area (Å²) < 4.78 is 7.10. The first-order valence-electron chi connectivity index (χ1n) is 8.22. The van der Waals surface area contributed by atoms with Crippen molar-refractivity contribution in [3.05, 3.63) is 18.2 Å². The van der Waals surface area contributed by atoms with Crippen LogP contribution >= 0.6 is 0 Å². The Bertz CT molecular complexity index is 453. The molecule has 1 aromatic rings. The van der Waals surface area contributed by atoms with Gasteiger partial charge in [0.25, 0.3) is 0 Å². The van der Waals surface area contributed by atoms with Crippen molar-refractivity contribution in [1.82, 2.24) is 19.8 Å². The lowest BCUT2D eigenvalue weighted by Gasteiger charge is -2.26. The van der Waals surface area contributed by atoms with Gasteiger partial charge in [0.15, 0.2) is 0 Å². The van der Waals surface area contributed by atoms with E-state index in [2.05, 4.69) is 15.2 Å². The van der Waals surface area contributed by atoms with Crippen molar-refractivity contribution in [2.45, 2.75) is 51.7 Å². The topological polar surface area (TPSA) is 59.4 Å². The number of hydrogen-bond donors (Lipinski definition) is 1. The molecule has 0 spiro atoms. The minimum atomic E-state index is -0.0616. The van der Waals surface area contributed by atoms with E-state index in [4.69, 9.17) is 4.74 Å². The van der Waals surface area contributed by atoms with Crippen LogP contribution < -0.4 is 5.32 Å². The average molecular weight is 308 g/mol. The molecule has 0 saturated carbocycles. The van der Waals surface area contributed by atoms with Crippen LogP contribution in [0.5, 0.6) is 0 Å². The van der Waals surface area contributed by atoms with Crippen molar-refractivity contribution in [3.8, 4) is 0 Å². The third kappa shape index (κ3) is 4.81. The van der Waals surface area contributed by atoms with Crippen LogP contribution in [-0.2, 0) is 22.6 Å². The molecule has 1 saturated heterocycles. The summed E-state index contributed by atoms with van der Waals surface area (Å²) in [4.78, 5) is 18.8. The number of aromatic nitrogens is 2. The first-order valence-corrected chi connectivity index (χ1v) is 8.22. The zero-order valence-electron chi connectivity index (χ0n) is 13.8. The Labute approximate surface area is 132 Å². The maximum atomic E-state index is 12.4. The Hall–Kier alpha value is -1.40. The Balaban J connectivity index is 1.82. The number of methoxy groups -OCH3 is 1. The smallest absolute Gasteiger partial charge is 0.237 e. The lowest BCUT2D eigenvalue weighted by molar-refractivity contribution is -0.126. The number of rotatable bonds is 7. The minimum Gasteiger partial charge on any atom is -0.383 e. The standard InChI is InChI=1S/C16H28N4O2/c1-14(19-7-5-3-4-6-8-19)16(21)18-12-15-11-17-13-20(15)9-10-22-2/h11,13-14H,3-10,12H2,1-2H3,(H,18,21)/t14-/m0/s1. The van der Waals surface area contributed by atoms with Gasteiger partial charge in [-0.25, -0.2) is 4.98 Å². The van der Waals surface area contributed by atoms with E-state index in [0.717, 1.165) is 25.3 Å². The van der Waals surface area contributed by atoms with Crippen LogP contribution in [0.4, 0.5) is 0 Å². The first kappa shape index (κ1) is 17.0. The third-order valence-corrected chi connectivity index (χ3v) is 4.35. The summed E-state index contributed by atoms with van der Waals surface area (Å²) in [5.41, 5.74) is 1.01. The van der Waals surface area contributed by atoms with E-state index in [1.165, 1.54) is 25.7 Å². The molecule has 22 heavy (non-hydrogen) atoms. The maximum absolute atomic E-state index is 12.4. The Kier molecular flexibility index (Phi) is 6.86. The summed E-state index contributed by atoms with van der Waals surface area (Å²) in [6.07, 6.45) is 8.53. The zero-order chi connectivity index (χ0) is 15.8. The van der Waals surface area contributed by atoms with E-state index in [1.54, 1.807) is 19.6 Å². The fraction of sp³-hybridized carbons (Fsp3) is 0.750. The number of carbonyl (C=O) groups excluding carboxylic acids is 1. The van der Waals surface area contributed by atoms with Gasteiger partial charge in [-0.05, 0) is 32.9 Å². The number of likely N-dealkylation sites (tertiary alicyclic amines) is 1. The molecule has 0 aromatic carbocycles. The normalized spacial score (nSPS) is 17.9. The van der Waals surface area contributed by atoms with Crippen LogP contribution in [0.2, 0.25) is 0 Å². The SMILES string of the molecule is COCCn1cncc1CNC(=O)[C@H](C)N1CCCCCC1. The van der Waals surface area contributed by atoms with Crippen molar-refractivity contribution in [3.63, 3.8) is 0 Å². The fourth-order valence-electron chi connectivity index (χ4n) is 2.86. The van der Waals surface area contributed by atoms with Gasteiger partial charge in [0, 0.05) is 19.9 Å². The molecule has 1 N–H and O–H groups in total. The molecule has 1 fully saturated rings.